The van der Waals surface area contributed by atoms with E-state index in [1.165, 1.54) is 19.1 Å². The van der Waals surface area contributed by atoms with E-state index in [4.69, 9.17) is 0 Å². The van der Waals surface area contributed by atoms with Gasteiger partial charge in [-0.2, -0.15) is 0 Å². The van der Waals surface area contributed by atoms with Crippen LogP contribution in [-0.4, -0.2) is 41.4 Å². The van der Waals surface area contributed by atoms with Gasteiger partial charge in [0.2, 0.25) is 10.0 Å². The Labute approximate surface area is 120 Å². The molecule has 1 aromatic carbocycles. The zero-order valence-electron chi connectivity index (χ0n) is 11.8. The third-order valence-corrected chi connectivity index (χ3v) is 5.17. The molecule has 1 atom stereocenters. The van der Waals surface area contributed by atoms with E-state index in [1.54, 1.807) is 12.1 Å². The molecule has 20 heavy (non-hydrogen) atoms. The smallest absolute Gasteiger partial charge is 0.240 e. The van der Waals surface area contributed by atoms with E-state index in [9.17, 15) is 16.8 Å². The summed E-state index contributed by atoms with van der Waals surface area (Å²) in [6, 6.07) is 5.61. The van der Waals surface area contributed by atoms with Gasteiger partial charge in [0, 0.05) is 24.5 Å². The summed E-state index contributed by atoms with van der Waals surface area (Å²) in [6.07, 6.45) is 1.07. The fourth-order valence-corrected chi connectivity index (χ4v) is 4.12. The van der Waals surface area contributed by atoms with Crippen LogP contribution in [0.25, 0.3) is 0 Å². The van der Waals surface area contributed by atoms with Crippen LogP contribution in [0.4, 0.5) is 5.69 Å². The lowest BCUT2D eigenvalue weighted by Crippen LogP contribution is -2.37. The lowest BCUT2D eigenvalue weighted by Gasteiger charge is -2.13. The third kappa shape index (κ3) is 5.48. The van der Waals surface area contributed by atoms with E-state index >= 15 is 0 Å². The Morgan fingerprint density at radius 1 is 1.10 bits per heavy atom. The van der Waals surface area contributed by atoms with Crippen molar-refractivity contribution in [2.75, 3.05) is 23.9 Å². The highest BCUT2D eigenvalue weighted by molar-refractivity contribution is 7.91. The van der Waals surface area contributed by atoms with E-state index in [-0.39, 0.29) is 10.6 Å². The molecule has 0 aliphatic carbocycles. The van der Waals surface area contributed by atoms with Gasteiger partial charge in [-0.25, -0.2) is 21.6 Å². The fourth-order valence-electron chi connectivity index (χ4n) is 1.78. The van der Waals surface area contributed by atoms with Crippen LogP contribution < -0.4 is 10.0 Å². The summed E-state index contributed by atoms with van der Waals surface area (Å²) in [5.74, 6) is -0.234. The number of nitrogens with one attached hydrogen (secondary N) is 2. The van der Waals surface area contributed by atoms with Gasteiger partial charge in [-0.3, -0.25) is 0 Å². The minimum absolute atomic E-state index is 0.111. The first-order valence-corrected chi connectivity index (χ1v) is 9.72. The van der Waals surface area contributed by atoms with Crippen LogP contribution in [0.2, 0.25) is 0 Å². The molecule has 0 saturated heterocycles. The maximum atomic E-state index is 12.1. The first-order chi connectivity index (χ1) is 9.14. The summed E-state index contributed by atoms with van der Waals surface area (Å²) in [4.78, 5) is 0.111. The van der Waals surface area contributed by atoms with Crippen LogP contribution in [0.3, 0.4) is 0 Å². The highest BCUT2D eigenvalue weighted by Crippen LogP contribution is 2.14. The molecule has 1 rings (SSSR count). The molecular formula is C12H20N2O4S2. The van der Waals surface area contributed by atoms with Crippen molar-refractivity contribution < 1.29 is 16.8 Å². The normalized spacial score (nSPS) is 13.9. The summed E-state index contributed by atoms with van der Waals surface area (Å²) in [5.41, 5.74) is 0.829. The number of sulfonamides is 1. The van der Waals surface area contributed by atoms with Crippen LogP contribution in [-0.2, 0) is 19.9 Å². The van der Waals surface area contributed by atoms with Crippen LogP contribution in [0.15, 0.2) is 29.2 Å². The zero-order valence-corrected chi connectivity index (χ0v) is 13.4. The number of hydrogen-bond donors (Lipinski definition) is 2. The van der Waals surface area contributed by atoms with Gasteiger partial charge in [0.05, 0.1) is 10.6 Å². The van der Waals surface area contributed by atoms with Crippen molar-refractivity contribution in [2.45, 2.75) is 24.8 Å². The molecule has 0 fully saturated rings. The van der Waals surface area contributed by atoms with Crippen molar-refractivity contribution in [3.8, 4) is 0 Å². The average molecular weight is 320 g/mol. The third-order valence-electron chi connectivity index (χ3n) is 2.45. The SMILES string of the molecule is CCNc1ccc(S(=O)(=O)NC(C)CS(C)(=O)=O)cc1. The molecule has 8 heteroatoms. The van der Waals surface area contributed by atoms with E-state index < -0.39 is 25.9 Å². The van der Waals surface area contributed by atoms with Gasteiger partial charge in [-0.1, -0.05) is 0 Å². The molecule has 0 spiro atoms. The van der Waals surface area contributed by atoms with E-state index in [1.807, 2.05) is 6.92 Å². The zero-order chi connectivity index (χ0) is 15.4. The highest BCUT2D eigenvalue weighted by atomic mass is 32.2. The van der Waals surface area contributed by atoms with Gasteiger partial charge in [0.25, 0.3) is 0 Å². The molecule has 0 aromatic heterocycles. The lowest BCUT2D eigenvalue weighted by molar-refractivity contribution is 0.564. The summed E-state index contributed by atoms with van der Waals surface area (Å²) < 4.78 is 48.8. The monoisotopic (exact) mass is 320 g/mol. The molecule has 0 aliphatic rings. The molecule has 0 bridgehead atoms. The molecule has 0 aliphatic heterocycles. The van der Waals surface area contributed by atoms with Crippen molar-refractivity contribution in [1.82, 2.24) is 4.72 Å². The Bertz CT molecular complexity index is 637. The largest absolute Gasteiger partial charge is 0.385 e. The molecule has 0 heterocycles. The second-order valence-electron chi connectivity index (χ2n) is 4.67. The van der Waals surface area contributed by atoms with Gasteiger partial charge >= 0.3 is 0 Å². The second kappa shape index (κ2) is 6.55. The number of anilines is 1. The predicted molar refractivity (Wildman–Crippen MR) is 80.1 cm³/mol. The Morgan fingerprint density at radius 2 is 1.65 bits per heavy atom. The number of rotatable bonds is 7. The topological polar surface area (TPSA) is 92.3 Å². The maximum absolute atomic E-state index is 12.1. The molecule has 0 saturated carbocycles. The van der Waals surface area contributed by atoms with Gasteiger partial charge in [-0.15, -0.1) is 0 Å². The molecule has 6 nitrogen and oxygen atoms in total. The molecule has 114 valence electrons. The highest BCUT2D eigenvalue weighted by Gasteiger charge is 2.19. The summed E-state index contributed by atoms with van der Waals surface area (Å²) in [7, 11) is -6.93. The van der Waals surface area contributed by atoms with Crippen molar-refractivity contribution in [3.63, 3.8) is 0 Å². The van der Waals surface area contributed by atoms with E-state index in [2.05, 4.69) is 10.0 Å². The number of hydrogen-bond acceptors (Lipinski definition) is 5. The van der Waals surface area contributed by atoms with Crippen molar-refractivity contribution >= 4 is 25.5 Å². The first-order valence-electron chi connectivity index (χ1n) is 6.18. The Morgan fingerprint density at radius 3 is 2.10 bits per heavy atom. The molecular weight excluding hydrogens is 300 g/mol. The molecule has 0 radical (unpaired) electrons. The van der Waals surface area contributed by atoms with E-state index in [0.717, 1.165) is 18.5 Å². The fraction of sp³-hybridized carbons (Fsp3) is 0.500. The Kier molecular flexibility index (Phi) is 5.55. The molecule has 1 aromatic rings. The van der Waals surface area contributed by atoms with Gasteiger partial charge in [0.1, 0.15) is 9.84 Å². The van der Waals surface area contributed by atoms with Crippen LogP contribution in [0.5, 0.6) is 0 Å². The number of benzene rings is 1. The lowest BCUT2D eigenvalue weighted by atomic mass is 10.3. The Hall–Kier alpha value is -1.12. The maximum Gasteiger partial charge on any atom is 0.240 e. The Balaban J connectivity index is 2.83. The summed E-state index contributed by atoms with van der Waals surface area (Å²) in [6.45, 7) is 4.21. The average Bonchev–Trinajstić information content (AvgIpc) is 2.26. The standard InChI is InChI=1S/C12H20N2O4S2/c1-4-13-11-5-7-12(8-6-11)20(17,18)14-10(2)9-19(3,15)16/h5-8,10,13-14H,4,9H2,1-3H3. The minimum Gasteiger partial charge on any atom is -0.385 e. The van der Waals surface area contributed by atoms with Crippen LogP contribution >= 0.6 is 0 Å². The van der Waals surface area contributed by atoms with E-state index in [0.29, 0.717) is 0 Å². The van der Waals surface area contributed by atoms with Crippen molar-refractivity contribution in [3.05, 3.63) is 24.3 Å². The second-order valence-corrected chi connectivity index (χ2v) is 8.57. The van der Waals surface area contributed by atoms with Crippen molar-refractivity contribution in [1.29, 1.82) is 0 Å². The quantitative estimate of drug-likeness (QED) is 0.776. The molecule has 2 N–H and O–H groups in total. The minimum atomic E-state index is -3.71. The van der Waals surface area contributed by atoms with Gasteiger partial charge in [-0.05, 0) is 38.1 Å². The molecule has 0 amide bonds. The van der Waals surface area contributed by atoms with Gasteiger partial charge < -0.3 is 5.32 Å². The van der Waals surface area contributed by atoms with Crippen LogP contribution in [0, 0.1) is 0 Å². The first kappa shape index (κ1) is 16.9. The number of sulfone groups is 1. The van der Waals surface area contributed by atoms with Crippen molar-refractivity contribution in [2.24, 2.45) is 0 Å². The van der Waals surface area contributed by atoms with Crippen LogP contribution in [0.1, 0.15) is 13.8 Å². The predicted octanol–water partition coefficient (Wildman–Crippen LogP) is 0.830. The summed E-state index contributed by atoms with van der Waals surface area (Å²) in [5, 5.41) is 3.06. The van der Waals surface area contributed by atoms with Gasteiger partial charge in [0.15, 0.2) is 0 Å². The molecule has 1 unspecified atom stereocenters. The summed E-state index contributed by atoms with van der Waals surface area (Å²) >= 11 is 0.